The number of hydrazine groups is 1. The summed E-state index contributed by atoms with van der Waals surface area (Å²) in [5.41, 5.74) is 5.35. The number of nitrogens with zero attached hydrogens (tertiary/aromatic N) is 1. The average Bonchev–Trinajstić information content (AvgIpc) is 3.20. The molecule has 0 aliphatic carbocycles. The van der Waals surface area contributed by atoms with Gasteiger partial charge in [0.1, 0.15) is 11.6 Å². The van der Waals surface area contributed by atoms with Crippen molar-refractivity contribution in [3.05, 3.63) is 70.9 Å². The van der Waals surface area contributed by atoms with E-state index in [1.807, 2.05) is 6.07 Å². The van der Waals surface area contributed by atoms with Gasteiger partial charge in [0.2, 0.25) is 5.91 Å². The molecule has 1 atom stereocenters. The second kappa shape index (κ2) is 10.0. The van der Waals surface area contributed by atoms with Gasteiger partial charge in [0.25, 0.3) is 5.91 Å². The Labute approximate surface area is 180 Å². The van der Waals surface area contributed by atoms with E-state index in [2.05, 4.69) is 31.8 Å². The van der Waals surface area contributed by atoms with Gasteiger partial charge in [0.05, 0.1) is 6.20 Å². The summed E-state index contributed by atoms with van der Waals surface area (Å²) in [4.78, 5) is 28.2. The van der Waals surface area contributed by atoms with Crippen LogP contribution in [0.4, 0.5) is 4.39 Å². The Balaban J connectivity index is 1.42. The summed E-state index contributed by atoms with van der Waals surface area (Å²) in [6.45, 7) is 1.58. The summed E-state index contributed by atoms with van der Waals surface area (Å²) in [5.74, 6) is 0.143. The molecule has 0 fully saturated rings. The SMILES string of the molecule is CC(Oc1cccc(Br)c1)C(=O)NNC(=O)CCc1ncc(-c2ccc(F)cc2)o1. The predicted octanol–water partition coefficient (Wildman–Crippen LogP) is 3.79. The van der Waals surface area contributed by atoms with Crippen molar-refractivity contribution in [1.82, 2.24) is 15.8 Å². The summed E-state index contributed by atoms with van der Waals surface area (Å²) in [5, 5.41) is 0. The van der Waals surface area contributed by atoms with Crippen LogP contribution in [0.2, 0.25) is 0 Å². The van der Waals surface area contributed by atoms with Crippen molar-refractivity contribution in [3.63, 3.8) is 0 Å². The summed E-state index contributed by atoms with van der Waals surface area (Å²) < 4.78 is 24.9. The largest absolute Gasteiger partial charge is 0.481 e. The van der Waals surface area contributed by atoms with Gasteiger partial charge in [0, 0.05) is 22.9 Å². The molecule has 0 saturated carbocycles. The summed E-state index contributed by atoms with van der Waals surface area (Å²) >= 11 is 3.33. The molecule has 0 spiro atoms. The van der Waals surface area contributed by atoms with Crippen LogP contribution in [0.25, 0.3) is 11.3 Å². The van der Waals surface area contributed by atoms with E-state index in [1.54, 1.807) is 37.3 Å². The number of rotatable bonds is 7. The van der Waals surface area contributed by atoms with Crippen LogP contribution in [0, 0.1) is 5.82 Å². The highest BCUT2D eigenvalue weighted by Gasteiger charge is 2.16. The first-order chi connectivity index (χ1) is 14.4. The molecule has 7 nitrogen and oxygen atoms in total. The Kier molecular flexibility index (Phi) is 7.18. The zero-order valence-electron chi connectivity index (χ0n) is 16.0. The van der Waals surface area contributed by atoms with Crippen LogP contribution in [0.15, 0.2) is 63.6 Å². The number of halogens is 2. The van der Waals surface area contributed by atoms with Crippen molar-refractivity contribution < 1.29 is 23.1 Å². The van der Waals surface area contributed by atoms with Crippen molar-refractivity contribution in [1.29, 1.82) is 0 Å². The van der Waals surface area contributed by atoms with E-state index in [0.717, 1.165) is 4.47 Å². The highest BCUT2D eigenvalue weighted by Crippen LogP contribution is 2.21. The van der Waals surface area contributed by atoms with Crippen molar-refractivity contribution in [2.24, 2.45) is 0 Å². The van der Waals surface area contributed by atoms with Crippen molar-refractivity contribution in [2.45, 2.75) is 25.9 Å². The fraction of sp³-hybridized carbons (Fsp3) is 0.190. The lowest BCUT2D eigenvalue weighted by Crippen LogP contribution is -2.47. The van der Waals surface area contributed by atoms with Crippen molar-refractivity contribution >= 4 is 27.7 Å². The zero-order chi connectivity index (χ0) is 21.5. The maximum absolute atomic E-state index is 13.0. The predicted molar refractivity (Wildman–Crippen MR) is 111 cm³/mol. The third kappa shape index (κ3) is 6.15. The number of aryl methyl sites for hydroxylation is 1. The third-order valence-electron chi connectivity index (χ3n) is 4.05. The third-order valence-corrected chi connectivity index (χ3v) is 4.54. The smallest absolute Gasteiger partial charge is 0.279 e. The van der Waals surface area contributed by atoms with E-state index in [-0.39, 0.29) is 18.7 Å². The minimum atomic E-state index is -0.801. The number of carbonyl (C=O) groups is 2. The highest BCUT2D eigenvalue weighted by atomic mass is 79.9. The van der Waals surface area contributed by atoms with E-state index < -0.39 is 17.9 Å². The lowest BCUT2D eigenvalue weighted by Gasteiger charge is -2.15. The second-order valence-electron chi connectivity index (χ2n) is 6.38. The number of hydrogen-bond donors (Lipinski definition) is 2. The molecule has 30 heavy (non-hydrogen) atoms. The molecular weight excluding hydrogens is 457 g/mol. The van der Waals surface area contributed by atoms with Crippen LogP contribution in [-0.4, -0.2) is 22.9 Å². The first kappa shape index (κ1) is 21.5. The van der Waals surface area contributed by atoms with Crippen LogP contribution in [0.1, 0.15) is 19.2 Å². The first-order valence-electron chi connectivity index (χ1n) is 9.12. The molecule has 0 bridgehead atoms. The van der Waals surface area contributed by atoms with Crippen molar-refractivity contribution in [3.8, 4) is 17.1 Å². The van der Waals surface area contributed by atoms with Gasteiger partial charge >= 0.3 is 0 Å². The van der Waals surface area contributed by atoms with Gasteiger partial charge in [-0.1, -0.05) is 22.0 Å². The van der Waals surface area contributed by atoms with Gasteiger partial charge in [0.15, 0.2) is 17.8 Å². The lowest BCUT2D eigenvalue weighted by atomic mass is 10.2. The van der Waals surface area contributed by atoms with E-state index in [4.69, 9.17) is 9.15 Å². The molecule has 156 valence electrons. The Morgan fingerprint density at radius 3 is 2.70 bits per heavy atom. The molecule has 3 rings (SSSR count). The van der Waals surface area contributed by atoms with Crippen LogP contribution < -0.4 is 15.6 Å². The molecule has 9 heteroatoms. The molecule has 1 unspecified atom stereocenters. The fourth-order valence-corrected chi connectivity index (χ4v) is 2.87. The lowest BCUT2D eigenvalue weighted by molar-refractivity contribution is -0.132. The molecule has 0 saturated heterocycles. The number of hydrogen-bond acceptors (Lipinski definition) is 5. The monoisotopic (exact) mass is 475 g/mol. The highest BCUT2D eigenvalue weighted by molar-refractivity contribution is 9.10. The molecular formula is C21H19BrFN3O4. The molecule has 2 aromatic carbocycles. The second-order valence-corrected chi connectivity index (χ2v) is 7.30. The first-order valence-corrected chi connectivity index (χ1v) is 9.91. The molecule has 0 aliphatic rings. The van der Waals surface area contributed by atoms with E-state index >= 15 is 0 Å². The number of carbonyl (C=O) groups excluding carboxylic acids is 2. The van der Waals surface area contributed by atoms with Crippen LogP contribution >= 0.6 is 15.9 Å². The normalized spacial score (nSPS) is 11.6. The van der Waals surface area contributed by atoms with E-state index in [1.165, 1.54) is 18.3 Å². The maximum Gasteiger partial charge on any atom is 0.279 e. The van der Waals surface area contributed by atoms with Crippen LogP contribution in [-0.2, 0) is 16.0 Å². The molecule has 1 heterocycles. The zero-order valence-corrected chi connectivity index (χ0v) is 17.6. The number of aromatic nitrogens is 1. The minimum absolute atomic E-state index is 0.0600. The van der Waals surface area contributed by atoms with Crippen LogP contribution in [0.5, 0.6) is 5.75 Å². The minimum Gasteiger partial charge on any atom is -0.481 e. The Morgan fingerprint density at radius 2 is 1.97 bits per heavy atom. The van der Waals surface area contributed by atoms with Gasteiger partial charge < -0.3 is 9.15 Å². The van der Waals surface area contributed by atoms with Gasteiger partial charge in [-0.3, -0.25) is 20.4 Å². The van der Waals surface area contributed by atoms with Gasteiger partial charge in [-0.15, -0.1) is 0 Å². The quantitative estimate of drug-likeness (QED) is 0.507. The Morgan fingerprint density at radius 1 is 1.20 bits per heavy atom. The summed E-state index contributed by atoms with van der Waals surface area (Å²) in [6, 6.07) is 12.9. The topological polar surface area (TPSA) is 93.5 Å². The standard InChI is InChI=1S/C21H19BrFN3O4/c1-13(29-17-4-2-3-15(22)11-17)21(28)26-25-19(27)9-10-20-24-12-18(30-20)14-5-7-16(23)8-6-14/h2-8,11-13H,9-10H2,1H3,(H,25,27)(H,26,28). The molecule has 3 aromatic rings. The number of benzene rings is 2. The maximum atomic E-state index is 13.0. The molecule has 0 aliphatic heterocycles. The van der Waals surface area contributed by atoms with Gasteiger partial charge in [-0.05, 0) is 49.4 Å². The Hall–Kier alpha value is -3.20. The Bertz CT molecular complexity index is 1020. The molecule has 2 amide bonds. The number of amides is 2. The average molecular weight is 476 g/mol. The summed E-state index contributed by atoms with van der Waals surface area (Å²) in [7, 11) is 0. The number of oxazole rings is 1. The summed E-state index contributed by atoms with van der Waals surface area (Å²) in [6.07, 6.45) is 1.02. The van der Waals surface area contributed by atoms with E-state index in [0.29, 0.717) is 23.0 Å². The molecule has 2 N–H and O–H groups in total. The van der Waals surface area contributed by atoms with Crippen molar-refractivity contribution in [2.75, 3.05) is 0 Å². The molecule has 1 aromatic heterocycles. The number of nitrogens with one attached hydrogen (secondary N) is 2. The number of ether oxygens (including phenoxy) is 1. The fourth-order valence-electron chi connectivity index (χ4n) is 2.49. The molecule has 0 radical (unpaired) electrons. The van der Waals surface area contributed by atoms with E-state index in [9.17, 15) is 14.0 Å². The van der Waals surface area contributed by atoms with Gasteiger partial charge in [-0.2, -0.15) is 0 Å². The van der Waals surface area contributed by atoms with Gasteiger partial charge in [-0.25, -0.2) is 9.37 Å². The van der Waals surface area contributed by atoms with Crippen LogP contribution in [0.3, 0.4) is 0 Å².